The number of aryl methyl sites for hydroxylation is 1. The minimum absolute atomic E-state index is 0.180. The molecule has 0 amide bonds. The molecule has 5 heteroatoms. The fourth-order valence-corrected chi connectivity index (χ4v) is 2.42. The largest absolute Gasteiger partial charge is 0.481 e. The van der Waals surface area contributed by atoms with Gasteiger partial charge < -0.3 is 9.67 Å². The van der Waals surface area contributed by atoms with Crippen molar-refractivity contribution < 1.29 is 9.90 Å². The van der Waals surface area contributed by atoms with Crippen LogP contribution in [0.1, 0.15) is 24.7 Å². The summed E-state index contributed by atoms with van der Waals surface area (Å²) in [5.74, 6) is -0.184. The summed E-state index contributed by atoms with van der Waals surface area (Å²) in [6, 6.07) is 0. The third kappa shape index (κ3) is 2.99. The monoisotopic (exact) mass is 228 g/mol. The van der Waals surface area contributed by atoms with E-state index in [0.29, 0.717) is 5.75 Å². The van der Waals surface area contributed by atoms with Gasteiger partial charge in [0.15, 0.2) is 5.16 Å². The van der Waals surface area contributed by atoms with E-state index in [1.54, 1.807) is 0 Å². The lowest BCUT2D eigenvalue weighted by molar-refractivity contribution is -0.136. The van der Waals surface area contributed by atoms with Crippen molar-refractivity contribution in [2.45, 2.75) is 38.9 Å². The van der Waals surface area contributed by atoms with Gasteiger partial charge in [-0.3, -0.25) is 4.79 Å². The average Bonchev–Trinajstić information content (AvgIpc) is 2.42. The second kappa shape index (κ2) is 5.21. The summed E-state index contributed by atoms with van der Waals surface area (Å²) in [4.78, 5) is 14.8. The summed E-state index contributed by atoms with van der Waals surface area (Å²) in [6.45, 7) is 6.95. The Balaban J connectivity index is 2.68. The summed E-state index contributed by atoms with van der Waals surface area (Å²) < 4.78 is 2.11. The molecule has 1 aromatic rings. The molecule has 0 fully saturated rings. The third-order valence-corrected chi connectivity index (χ3v) is 3.26. The molecule has 0 spiro atoms. The van der Waals surface area contributed by atoms with Gasteiger partial charge in [0.05, 0.1) is 12.1 Å². The molecule has 0 unspecified atom stereocenters. The molecule has 4 nitrogen and oxygen atoms in total. The van der Waals surface area contributed by atoms with Crippen LogP contribution in [0.5, 0.6) is 0 Å². The van der Waals surface area contributed by atoms with Crippen molar-refractivity contribution in [1.29, 1.82) is 0 Å². The molecule has 1 aromatic heterocycles. The number of hydrogen-bond donors (Lipinski definition) is 1. The van der Waals surface area contributed by atoms with E-state index in [4.69, 9.17) is 5.11 Å². The third-order valence-electron chi connectivity index (χ3n) is 2.29. The van der Waals surface area contributed by atoms with E-state index in [0.717, 1.165) is 23.1 Å². The zero-order valence-corrected chi connectivity index (χ0v) is 10.1. The van der Waals surface area contributed by atoms with Gasteiger partial charge >= 0.3 is 5.97 Å². The van der Waals surface area contributed by atoms with Crippen LogP contribution in [0.4, 0.5) is 0 Å². The molecule has 0 aliphatic heterocycles. The van der Waals surface area contributed by atoms with Gasteiger partial charge in [0.1, 0.15) is 0 Å². The van der Waals surface area contributed by atoms with Crippen LogP contribution in [0, 0.1) is 13.8 Å². The van der Waals surface area contributed by atoms with E-state index < -0.39 is 5.97 Å². The summed E-state index contributed by atoms with van der Waals surface area (Å²) in [5.41, 5.74) is 2.19. The normalized spacial score (nSPS) is 10.6. The zero-order chi connectivity index (χ0) is 11.4. The second-order valence-electron chi connectivity index (χ2n) is 3.30. The summed E-state index contributed by atoms with van der Waals surface area (Å²) >= 11 is 1.51. The highest BCUT2D eigenvalue weighted by Gasteiger charge is 2.10. The predicted molar refractivity (Wildman–Crippen MR) is 60.4 cm³/mol. The SMILES string of the molecule is CCn1c(SCCC(=O)O)nc(C)c1C. The topological polar surface area (TPSA) is 55.1 Å². The smallest absolute Gasteiger partial charge is 0.304 e. The predicted octanol–water partition coefficient (Wildman–Crippen LogP) is 2.09. The highest BCUT2D eigenvalue weighted by atomic mass is 32.2. The Morgan fingerprint density at radius 1 is 1.53 bits per heavy atom. The zero-order valence-electron chi connectivity index (χ0n) is 9.28. The van der Waals surface area contributed by atoms with E-state index in [1.165, 1.54) is 11.8 Å². The van der Waals surface area contributed by atoms with Crippen molar-refractivity contribution in [2.75, 3.05) is 5.75 Å². The number of hydrogen-bond acceptors (Lipinski definition) is 3. The lowest BCUT2D eigenvalue weighted by atomic mass is 10.4. The molecular weight excluding hydrogens is 212 g/mol. The van der Waals surface area contributed by atoms with E-state index in [2.05, 4.69) is 16.5 Å². The Labute approximate surface area is 93.7 Å². The van der Waals surface area contributed by atoms with Gasteiger partial charge in [0.2, 0.25) is 0 Å². The molecule has 0 aromatic carbocycles. The van der Waals surface area contributed by atoms with Crippen molar-refractivity contribution in [3.8, 4) is 0 Å². The van der Waals surface area contributed by atoms with Gasteiger partial charge in [0.25, 0.3) is 0 Å². The Hall–Kier alpha value is -0.970. The number of carboxylic acids is 1. The van der Waals surface area contributed by atoms with Gasteiger partial charge in [-0.25, -0.2) is 4.98 Å². The first-order valence-electron chi connectivity index (χ1n) is 4.94. The quantitative estimate of drug-likeness (QED) is 0.784. The molecule has 15 heavy (non-hydrogen) atoms. The van der Waals surface area contributed by atoms with Gasteiger partial charge in [-0.15, -0.1) is 0 Å². The maximum absolute atomic E-state index is 10.4. The van der Waals surface area contributed by atoms with Crippen LogP contribution in [0.2, 0.25) is 0 Å². The Morgan fingerprint density at radius 2 is 2.20 bits per heavy atom. The van der Waals surface area contributed by atoms with Crippen LogP contribution in [0.3, 0.4) is 0 Å². The van der Waals surface area contributed by atoms with Crippen molar-refractivity contribution in [1.82, 2.24) is 9.55 Å². The number of carbonyl (C=O) groups is 1. The molecular formula is C10H16N2O2S. The van der Waals surface area contributed by atoms with Crippen LogP contribution in [-0.2, 0) is 11.3 Å². The van der Waals surface area contributed by atoms with Crippen molar-refractivity contribution in [3.63, 3.8) is 0 Å². The fourth-order valence-electron chi connectivity index (χ4n) is 1.34. The number of imidazole rings is 1. The van der Waals surface area contributed by atoms with Gasteiger partial charge in [0, 0.05) is 18.0 Å². The average molecular weight is 228 g/mol. The first kappa shape index (κ1) is 12.1. The van der Waals surface area contributed by atoms with Crippen molar-refractivity contribution in [3.05, 3.63) is 11.4 Å². The molecule has 0 bridgehead atoms. The molecule has 0 saturated heterocycles. The summed E-state index contributed by atoms with van der Waals surface area (Å²) in [6.07, 6.45) is 0.180. The van der Waals surface area contributed by atoms with Crippen LogP contribution in [-0.4, -0.2) is 26.4 Å². The fraction of sp³-hybridized carbons (Fsp3) is 0.600. The van der Waals surface area contributed by atoms with Crippen molar-refractivity contribution in [2.24, 2.45) is 0 Å². The number of carboxylic acid groups (broad SMARTS) is 1. The molecule has 0 atom stereocenters. The Bertz CT molecular complexity index is 361. The van der Waals surface area contributed by atoms with E-state index >= 15 is 0 Å². The second-order valence-corrected chi connectivity index (χ2v) is 4.36. The van der Waals surface area contributed by atoms with E-state index in [1.807, 2.05) is 13.8 Å². The van der Waals surface area contributed by atoms with Crippen LogP contribution >= 0.6 is 11.8 Å². The number of aromatic nitrogens is 2. The molecule has 84 valence electrons. The first-order valence-corrected chi connectivity index (χ1v) is 5.93. The Kier molecular flexibility index (Phi) is 4.20. The molecule has 1 N–H and O–H groups in total. The summed E-state index contributed by atoms with van der Waals surface area (Å²) in [7, 11) is 0. The molecule has 1 heterocycles. The number of nitrogens with zero attached hydrogens (tertiary/aromatic N) is 2. The van der Waals surface area contributed by atoms with Crippen LogP contribution in [0.25, 0.3) is 0 Å². The standard InChI is InChI=1S/C10H16N2O2S/c1-4-12-8(3)7(2)11-10(12)15-6-5-9(13)14/h4-6H2,1-3H3,(H,13,14). The maximum atomic E-state index is 10.4. The number of aliphatic carboxylic acids is 1. The highest BCUT2D eigenvalue weighted by molar-refractivity contribution is 7.99. The maximum Gasteiger partial charge on any atom is 0.304 e. The minimum atomic E-state index is -0.759. The highest BCUT2D eigenvalue weighted by Crippen LogP contribution is 2.21. The first-order chi connectivity index (χ1) is 7.06. The Morgan fingerprint density at radius 3 is 2.73 bits per heavy atom. The number of rotatable bonds is 5. The lowest BCUT2D eigenvalue weighted by Crippen LogP contribution is -2.01. The number of thioether (sulfide) groups is 1. The van der Waals surface area contributed by atoms with Crippen molar-refractivity contribution >= 4 is 17.7 Å². The van der Waals surface area contributed by atoms with Gasteiger partial charge in [-0.2, -0.15) is 0 Å². The minimum Gasteiger partial charge on any atom is -0.481 e. The van der Waals surface area contributed by atoms with E-state index in [9.17, 15) is 4.79 Å². The summed E-state index contributed by atoms with van der Waals surface area (Å²) in [5, 5.41) is 9.46. The molecule has 0 radical (unpaired) electrons. The van der Waals surface area contributed by atoms with Gasteiger partial charge in [-0.05, 0) is 20.8 Å². The van der Waals surface area contributed by atoms with Crippen LogP contribution in [0.15, 0.2) is 5.16 Å². The van der Waals surface area contributed by atoms with Gasteiger partial charge in [-0.1, -0.05) is 11.8 Å². The van der Waals surface area contributed by atoms with Crippen LogP contribution < -0.4 is 0 Å². The molecule has 0 aliphatic carbocycles. The van der Waals surface area contributed by atoms with E-state index in [-0.39, 0.29) is 6.42 Å². The molecule has 0 aliphatic rings. The lowest BCUT2D eigenvalue weighted by Gasteiger charge is -2.05. The molecule has 0 saturated carbocycles. The molecule has 1 rings (SSSR count).